The minimum absolute atomic E-state index is 0.185. The van der Waals surface area contributed by atoms with Crippen molar-refractivity contribution in [1.82, 2.24) is 9.55 Å². The largest absolute Gasteiger partial charge is 0.330 e. The van der Waals surface area contributed by atoms with E-state index in [1.807, 2.05) is 6.07 Å². The summed E-state index contributed by atoms with van der Waals surface area (Å²) in [7, 11) is 0. The first-order chi connectivity index (χ1) is 9.84. The Bertz CT molecular complexity index is 682. The van der Waals surface area contributed by atoms with Crippen LogP contribution in [0.15, 0.2) is 12.1 Å². The number of unbranched alkanes of at least 4 members (excludes halogenated alkanes) is 2. The molecule has 116 valence electrons. The first-order valence-corrected chi connectivity index (χ1v) is 8.13. The normalized spacial score (nSPS) is 12.2. The standard InChI is InChI=1S/C17H25FN2S/c1-5-6-7-8-17(3,4)11-20-15-9-12(2)13(18)10-14(15)19-16(20)21/h9-10H,5-8,11H2,1-4H3,(H,19,21). The highest BCUT2D eigenvalue weighted by Crippen LogP contribution is 2.29. The molecule has 21 heavy (non-hydrogen) atoms. The summed E-state index contributed by atoms with van der Waals surface area (Å²) in [6.07, 6.45) is 4.93. The maximum atomic E-state index is 13.7. The molecule has 0 aliphatic heterocycles. The van der Waals surface area contributed by atoms with Crippen molar-refractivity contribution >= 4 is 23.3 Å². The first kappa shape index (κ1) is 16.2. The van der Waals surface area contributed by atoms with Gasteiger partial charge in [0.2, 0.25) is 0 Å². The molecule has 2 rings (SSSR count). The van der Waals surface area contributed by atoms with E-state index in [-0.39, 0.29) is 11.2 Å². The second kappa shape index (κ2) is 6.30. The van der Waals surface area contributed by atoms with Gasteiger partial charge in [0.25, 0.3) is 0 Å². The van der Waals surface area contributed by atoms with Crippen molar-refractivity contribution in [3.8, 4) is 0 Å². The zero-order valence-electron chi connectivity index (χ0n) is 13.4. The fourth-order valence-corrected chi connectivity index (χ4v) is 3.07. The summed E-state index contributed by atoms with van der Waals surface area (Å²) < 4.78 is 16.5. The van der Waals surface area contributed by atoms with Crippen LogP contribution >= 0.6 is 12.2 Å². The number of aromatic nitrogens is 2. The Morgan fingerprint density at radius 3 is 2.67 bits per heavy atom. The van der Waals surface area contributed by atoms with E-state index < -0.39 is 0 Å². The molecule has 0 aliphatic rings. The molecule has 0 amide bonds. The number of aromatic amines is 1. The smallest absolute Gasteiger partial charge is 0.178 e. The number of fused-ring (bicyclic) bond motifs is 1. The number of hydrogen-bond donors (Lipinski definition) is 1. The lowest BCUT2D eigenvalue weighted by Crippen LogP contribution is -2.19. The van der Waals surface area contributed by atoms with Crippen molar-refractivity contribution in [3.05, 3.63) is 28.3 Å². The van der Waals surface area contributed by atoms with Gasteiger partial charge in [0.1, 0.15) is 5.82 Å². The maximum absolute atomic E-state index is 13.7. The van der Waals surface area contributed by atoms with Crippen LogP contribution < -0.4 is 0 Å². The average Bonchev–Trinajstić information content (AvgIpc) is 2.66. The topological polar surface area (TPSA) is 20.7 Å². The molecule has 0 saturated heterocycles. The van der Waals surface area contributed by atoms with E-state index in [0.29, 0.717) is 10.3 Å². The molecule has 0 bridgehead atoms. The van der Waals surface area contributed by atoms with Gasteiger partial charge in [-0.25, -0.2) is 4.39 Å². The zero-order chi connectivity index (χ0) is 15.6. The molecule has 0 fully saturated rings. The average molecular weight is 308 g/mol. The van der Waals surface area contributed by atoms with Gasteiger partial charge in [0.05, 0.1) is 11.0 Å². The Labute approximate surface area is 131 Å². The summed E-state index contributed by atoms with van der Waals surface area (Å²) in [6.45, 7) is 9.43. The molecule has 2 nitrogen and oxygen atoms in total. The predicted octanol–water partition coefficient (Wildman–Crippen LogP) is 5.75. The fraction of sp³-hybridized carbons (Fsp3) is 0.588. The highest BCUT2D eigenvalue weighted by molar-refractivity contribution is 7.71. The van der Waals surface area contributed by atoms with Gasteiger partial charge in [-0.15, -0.1) is 0 Å². The number of rotatable bonds is 6. The Morgan fingerprint density at radius 1 is 1.29 bits per heavy atom. The van der Waals surface area contributed by atoms with Gasteiger partial charge >= 0.3 is 0 Å². The lowest BCUT2D eigenvalue weighted by molar-refractivity contribution is 0.273. The van der Waals surface area contributed by atoms with Crippen LogP contribution in [0.25, 0.3) is 11.0 Å². The number of benzene rings is 1. The van der Waals surface area contributed by atoms with Crippen LogP contribution in [0.3, 0.4) is 0 Å². The van der Waals surface area contributed by atoms with Gasteiger partial charge in [0, 0.05) is 6.54 Å². The van der Waals surface area contributed by atoms with Crippen LogP contribution in [-0.2, 0) is 6.54 Å². The number of halogens is 1. The second-order valence-electron chi connectivity index (χ2n) is 6.76. The summed E-state index contributed by atoms with van der Waals surface area (Å²) in [5.74, 6) is -0.187. The van der Waals surface area contributed by atoms with Gasteiger partial charge < -0.3 is 9.55 Å². The Hall–Kier alpha value is -1.16. The van der Waals surface area contributed by atoms with E-state index in [9.17, 15) is 4.39 Å². The third-order valence-corrected chi connectivity index (χ3v) is 4.42. The predicted molar refractivity (Wildman–Crippen MR) is 89.7 cm³/mol. The van der Waals surface area contributed by atoms with Gasteiger partial charge in [-0.05, 0) is 48.7 Å². The maximum Gasteiger partial charge on any atom is 0.178 e. The number of aryl methyl sites for hydroxylation is 1. The van der Waals surface area contributed by atoms with Crippen molar-refractivity contribution in [1.29, 1.82) is 0 Å². The van der Waals surface area contributed by atoms with Crippen LogP contribution in [0, 0.1) is 22.9 Å². The highest BCUT2D eigenvalue weighted by atomic mass is 32.1. The summed E-state index contributed by atoms with van der Waals surface area (Å²) in [4.78, 5) is 3.12. The molecular weight excluding hydrogens is 283 g/mol. The number of hydrogen-bond acceptors (Lipinski definition) is 1. The van der Waals surface area contributed by atoms with Gasteiger partial charge in [0.15, 0.2) is 4.77 Å². The van der Waals surface area contributed by atoms with Crippen molar-refractivity contribution in [2.45, 2.75) is 59.9 Å². The van der Waals surface area contributed by atoms with Gasteiger partial charge in [-0.3, -0.25) is 0 Å². The summed E-state index contributed by atoms with van der Waals surface area (Å²) in [5.41, 5.74) is 2.63. The molecule has 4 heteroatoms. The third-order valence-electron chi connectivity index (χ3n) is 4.10. The molecule has 0 radical (unpaired) electrons. The van der Waals surface area contributed by atoms with E-state index in [0.717, 1.165) is 17.6 Å². The van der Waals surface area contributed by atoms with E-state index in [2.05, 4.69) is 30.3 Å². The van der Waals surface area contributed by atoms with Crippen LogP contribution in [0.5, 0.6) is 0 Å². The quantitative estimate of drug-likeness (QED) is 0.532. The van der Waals surface area contributed by atoms with Crippen LogP contribution in [-0.4, -0.2) is 9.55 Å². The minimum atomic E-state index is -0.187. The molecule has 1 N–H and O–H groups in total. The van der Waals surface area contributed by atoms with E-state index in [4.69, 9.17) is 12.2 Å². The summed E-state index contributed by atoms with van der Waals surface area (Å²) in [5, 5.41) is 0. The Kier molecular flexibility index (Phi) is 4.87. The molecular formula is C17H25FN2S. The van der Waals surface area contributed by atoms with Crippen LogP contribution in [0.2, 0.25) is 0 Å². The second-order valence-corrected chi connectivity index (χ2v) is 7.14. The molecule has 0 spiro atoms. The lowest BCUT2D eigenvalue weighted by atomic mass is 9.86. The van der Waals surface area contributed by atoms with Gasteiger partial charge in [-0.1, -0.05) is 40.0 Å². The number of nitrogens with one attached hydrogen (secondary N) is 1. The van der Waals surface area contributed by atoms with Gasteiger partial charge in [-0.2, -0.15) is 0 Å². The molecule has 2 aromatic rings. The van der Waals surface area contributed by atoms with Crippen molar-refractivity contribution in [3.63, 3.8) is 0 Å². The van der Waals surface area contributed by atoms with Crippen LogP contribution in [0.4, 0.5) is 4.39 Å². The van der Waals surface area contributed by atoms with E-state index >= 15 is 0 Å². The zero-order valence-corrected chi connectivity index (χ0v) is 14.2. The van der Waals surface area contributed by atoms with Crippen molar-refractivity contribution < 1.29 is 4.39 Å². The summed E-state index contributed by atoms with van der Waals surface area (Å²) >= 11 is 5.43. The minimum Gasteiger partial charge on any atom is -0.330 e. The SMILES string of the molecule is CCCCCC(C)(C)Cn1c(=S)[nH]c2cc(F)c(C)cc21. The first-order valence-electron chi connectivity index (χ1n) is 7.73. The van der Waals surface area contributed by atoms with Crippen molar-refractivity contribution in [2.24, 2.45) is 5.41 Å². The number of nitrogens with zero attached hydrogens (tertiary/aromatic N) is 1. The summed E-state index contributed by atoms with van der Waals surface area (Å²) in [6, 6.07) is 3.43. The molecule has 0 saturated carbocycles. The molecule has 1 aromatic heterocycles. The Morgan fingerprint density at radius 2 is 2.00 bits per heavy atom. The molecule has 0 aliphatic carbocycles. The highest BCUT2D eigenvalue weighted by Gasteiger charge is 2.20. The third kappa shape index (κ3) is 3.73. The van der Waals surface area contributed by atoms with Crippen molar-refractivity contribution in [2.75, 3.05) is 0 Å². The molecule has 1 aromatic carbocycles. The van der Waals surface area contributed by atoms with E-state index in [1.54, 1.807) is 13.0 Å². The Balaban J connectivity index is 2.31. The number of H-pyrrole nitrogens is 1. The molecule has 0 unspecified atom stereocenters. The fourth-order valence-electron chi connectivity index (χ4n) is 2.80. The lowest BCUT2D eigenvalue weighted by Gasteiger charge is -2.25. The monoisotopic (exact) mass is 308 g/mol. The molecule has 0 atom stereocenters. The molecule has 1 heterocycles. The number of imidazole rings is 1. The van der Waals surface area contributed by atoms with E-state index in [1.165, 1.54) is 25.7 Å². The van der Waals surface area contributed by atoms with Crippen LogP contribution in [0.1, 0.15) is 52.0 Å².